The van der Waals surface area contributed by atoms with Gasteiger partial charge < -0.3 is 20.3 Å². The first-order chi connectivity index (χ1) is 14.6. The second-order valence-corrected chi connectivity index (χ2v) is 8.12. The summed E-state index contributed by atoms with van der Waals surface area (Å²) in [6, 6.07) is 9.21. The van der Waals surface area contributed by atoms with Gasteiger partial charge in [-0.1, -0.05) is 36.8 Å². The lowest BCUT2D eigenvalue weighted by atomic mass is 10.0. The predicted molar refractivity (Wildman–Crippen MR) is 136 cm³/mol. The molecule has 2 heterocycles. The average Bonchev–Trinajstić information content (AvgIpc) is 3.23. The van der Waals surface area contributed by atoms with E-state index in [1.165, 1.54) is 11.1 Å². The van der Waals surface area contributed by atoms with E-state index in [0.29, 0.717) is 13.0 Å². The van der Waals surface area contributed by atoms with Crippen molar-refractivity contribution in [2.75, 3.05) is 52.5 Å². The molecule has 0 aliphatic carbocycles. The van der Waals surface area contributed by atoms with Crippen molar-refractivity contribution >= 4 is 35.8 Å². The molecule has 2 atom stereocenters. The van der Waals surface area contributed by atoms with Crippen molar-refractivity contribution in [2.24, 2.45) is 4.99 Å². The molecule has 2 fully saturated rings. The minimum Gasteiger partial charge on any atom is -0.379 e. The normalized spacial score (nSPS) is 20.8. The number of nitrogens with zero attached hydrogens (tertiary/aromatic N) is 3. The van der Waals surface area contributed by atoms with Crippen molar-refractivity contribution in [1.82, 2.24) is 20.4 Å². The zero-order valence-corrected chi connectivity index (χ0v) is 21.4. The van der Waals surface area contributed by atoms with E-state index in [1.807, 2.05) is 11.8 Å². The molecule has 0 spiro atoms. The molecule has 2 aliphatic heterocycles. The van der Waals surface area contributed by atoms with Crippen LogP contribution in [0, 0.1) is 6.92 Å². The Morgan fingerprint density at radius 3 is 2.71 bits per heavy atom. The molecule has 3 rings (SSSR count). The second-order valence-electron chi connectivity index (χ2n) is 8.12. The van der Waals surface area contributed by atoms with Crippen LogP contribution < -0.4 is 10.6 Å². The van der Waals surface area contributed by atoms with Gasteiger partial charge in [-0.15, -0.1) is 24.0 Å². The Morgan fingerprint density at radius 1 is 1.26 bits per heavy atom. The van der Waals surface area contributed by atoms with Crippen LogP contribution in [0.4, 0.5) is 0 Å². The van der Waals surface area contributed by atoms with Crippen molar-refractivity contribution in [3.05, 3.63) is 35.4 Å². The quantitative estimate of drug-likeness (QED) is 0.315. The van der Waals surface area contributed by atoms with Gasteiger partial charge in [-0.2, -0.15) is 0 Å². The summed E-state index contributed by atoms with van der Waals surface area (Å²) in [5.41, 5.74) is 2.57. The Balaban J connectivity index is 0.00000341. The maximum absolute atomic E-state index is 12.0. The lowest BCUT2D eigenvalue weighted by Gasteiger charge is -2.34. The molecule has 1 aromatic carbocycles. The second kappa shape index (κ2) is 13.2. The minimum absolute atomic E-state index is 0. The highest BCUT2D eigenvalue weighted by Gasteiger charge is 2.26. The number of amides is 1. The molecule has 1 amide bonds. The summed E-state index contributed by atoms with van der Waals surface area (Å²) in [4.78, 5) is 21.4. The van der Waals surface area contributed by atoms with Gasteiger partial charge in [-0.25, -0.2) is 0 Å². The molecule has 8 heteroatoms. The number of carbonyl (C=O) groups excluding carboxylic acids is 1. The van der Waals surface area contributed by atoms with Crippen LogP contribution in [0.15, 0.2) is 29.3 Å². The van der Waals surface area contributed by atoms with Crippen molar-refractivity contribution in [1.29, 1.82) is 0 Å². The molecule has 7 nitrogen and oxygen atoms in total. The number of morpholine rings is 1. The summed E-state index contributed by atoms with van der Waals surface area (Å²) < 4.78 is 5.57. The predicted octanol–water partition coefficient (Wildman–Crippen LogP) is 2.55. The maximum atomic E-state index is 12.0. The molecule has 2 saturated heterocycles. The Hall–Kier alpha value is -1.39. The van der Waals surface area contributed by atoms with Crippen molar-refractivity contribution in [2.45, 2.75) is 45.7 Å². The monoisotopic (exact) mass is 543 g/mol. The Bertz CT molecular complexity index is 724. The van der Waals surface area contributed by atoms with Gasteiger partial charge in [0.2, 0.25) is 5.91 Å². The molecule has 1 aromatic rings. The highest BCUT2D eigenvalue weighted by Crippen LogP contribution is 2.23. The highest BCUT2D eigenvalue weighted by molar-refractivity contribution is 14.0. The van der Waals surface area contributed by atoms with Gasteiger partial charge in [0.1, 0.15) is 0 Å². The first kappa shape index (κ1) is 25.9. The van der Waals surface area contributed by atoms with Gasteiger partial charge in [-0.3, -0.25) is 14.7 Å². The fourth-order valence-electron chi connectivity index (χ4n) is 4.22. The fourth-order valence-corrected chi connectivity index (χ4v) is 4.22. The number of aryl methyl sites for hydroxylation is 1. The van der Waals surface area contributed by atoms with Gasteiger partial charge in [0.25, 0.3) is 0 Å². The van der Waals surface area contributed by atoms with E-state index in [9.17, 15) is 4.79 Å². The molecule has 2 unspecified atom stereocenters. The first-order valence-corrected chi connectivity index (χ1v) is 11.3. The third-order valence-corrected chi connectivity index (χ3v) is 5.86. The number of aliphatic imine (C=N–C) groups is 1. The van der Waals surface area contributed by atoms with Gasteiger partial charge in [-0.05, 0) is 25.8 Å². The van der Waals surface area contributed by atoms with Crippen LogP contribution in [-0.4, -0.2) is 80.2 Å². The van der Waals surface area contributed by atoms with Gasteiger partial charge in [0.05, 0.1) is 25.8 Å². The van der Waals surface area contributed by atoms with Gasteiger partial charge in [0, 0.05) is 45.2 Å². The number of ether oxygens (including phenoxy) is 1. The summed E-state index contributed by atoms with van der Waals surface area (Å²) in [6.07, 6.45) is 1.53. The van der Waals surface area contributed by atoms with Crippen molar-refractivity contribution < 1.29 is 9.53 Å². The van der Waals surface area contributed by atoms with Crippen LogP contribution in [-0.2, 0) is 9.53 Å². The fraction of sp³-hybridized carbons (Fsp3) is 0.652. The Kier molecular flexibility index (Phi) is 11.0. The summed E-state index contributed by atoms with van der Waals surface area (Å²) in [7, 11) is 0. The van der Waals surface area contributed by atoms with E-state index >= 15 is 0 Å². The number of halogens is 1. The third kappa shape index (κ3) is 7.61. The molecule has 0 bridgehead atoms. The molecule has 2 aliphatic rings. The number of benzene rings is 1. The lowest BCUT2D eigenvalue weighted by Crippen LogP contribution is -2.46. The van der Waals surface area contributed by atoms with E-state index in [-0.39, 0.29) is 42.0 Å². The Morgan fingerprint density at radius 2 is 2.03 bits per heavy atom. The number of rotatable bonds is 7. The molecular formula is C23H38IN5O2. The number of hydrogen-bond acceptors (Lipinski definition) is 4. The standard InChI is InChI=1S/C23H37N5O2.HI/c1-4-22(29)28-10-9-20(17-28)26-23(24-5-2)25-16-21(27-11-13-30-14-12-27)19-8-6-7-18(3)15-19;/h6-8,15,20-21H,4-5,9-14,16-17H2,1-3H3,(H2,24,25,26);1H. The number of hydrogen-bond donors (Lipinski definition) is 2. The van der Waals surface area contributed by atoms with Crippen LogP contribution >= 0.6 is 24.0 Å². The first-order valence-electron chi connectivity index (χ1n) is 11.3. The van der Waals surface area contributed by atoms with Crippen LogP contribution in [0.2, 0.25) is 0 Å². The van der Waals surface area contributed by atoms with Crippen molar-refractivity contribution in [3.63, 3.8) is 0 Å². The van der Waals surface area contributed by atoms with E-state index in [1.54, 1.807) is 0 Å². The van der Waals surface area contributed by atoms with Gasteiger partial charge >= 0.3 is 0 Å². The molecular weight excluding hydrogens is 505 g/mol. The van der Waals surface area contributed by atoms with E-state index in [2.05, 4.69) is 53.6 Å². The Labute approximate surface area is 204 Å². The average molecular weight is 543 g/mol. The topological polar surface area (TPSA) is 69.2 Å². The van der Waals surface area contributed by atoms with E-state index < -0.39 is 0 Å². The smallest absolute Gasteiger partial charge is 0.222 e. The summed E-state index contributed by atoms with van der Waals surface area (Å²) >= 11 is 0. The van der Waals surface area contributed by atoms with E-state index in [4.69, 9.17) is 9.73 Å². The van der Waals surface area contributed by atoms with Gasteiger partial charge in [0.15, 0.2) is 5.96 Å². The number of likely N-dealkylation sites (tertiary alicyclic amines) is 1. The van der Waals surface area contributed by atoms with Crippen LogP contribution in [0.3, 0.4) is 0 Å². The van der Waals surface area contributed by atoms with Crippen LogP contribution in [0.25, 0.3) is 0 Å². The zero-order valence-electron chi connectivity index (χ0n) is 19.1. The number of carbonyl (C=O) groups is 1. The minimum atomic E-state index is 0. The maximum Gasteiger partial charge on any atom is 0.222 e. The van der Waals surface area contributed by atoms with E-state index in [0.717, 1.165) is 58.3 Å². The molecule has 0 saturated carbocycles. The highest BCUT2D eigenvalue weighted by atomic mass is 127. The molecule has 0 radical (unpaired) electrons. The largest absolute Gasteiger partial charge is 0.379 e. The zero-order chi connectivity index (χ0) is 21.3. The molecule has 31 heavy (non-hydrogen) atoms. The summed E-state index contributed by atoms with van der Waals surface area (Å²) in [5, 5.41) is 6.93. The lowest BCUT2D eigenvalue weighted by molar-refractivity contribution is -0.129. The molecule has 174 valence electrons. The third-order valence-electron chi connectivity index (χ3n) is 5.86. The molecule has 2 N–H and O–H groups in total. The van der Waals surface area contributed by atoms with Crippen LogP contribution in [0.1, 0.15) is 43.9 Å². The number of nitrogens with one attached hydrogen (secondary N) is 2. The number of guanidine groups is 1. The summed E-state index contributed by atoms with van der Waals surface area (Å²) in [6.45, 7) is 12.6. The SMILES string of the molecule is CCNC(=NCC(c1cccc(C)c1)N1CCOCC1)NC1CCN(C(=O)CC)C1.I. The van der Waals surface area contributed by atoms with Crippen molar-refractivity contribution in [3.8, 4) is 0 Å². The summed E-state index contributed by atoms with van der Waals surface area (Å²) in [5.74, 6) is 1.06. The van der Waals surface area contributed by atoms with Crippen LogP contribution in [0.5, 0.6) is 0 Å². The molecule has 0 aromatic heterocycles.